The fourth-order valence-electron chi connectivity index (χ4n) is 2.33. The van der Waals surface area contributed by atoms with Crippen LogP contribution in [0.25, 0.3) is 0 Å². The molecule has 6 nitrogen and oxygen atoms in total. The van der Waals surface area contributed by atoms with E-state index in [-0.39, 0.29) is 0 Å². The molecule has 1 aliphatic heterocycles. The minimum atomic E-state index is -3.45. The van der Waals surface area contributed by atoms with Crippen molar-refractivity contribution in [1.29, 1.82) is 0 Å². The molecule has 1 aromatic carbocycles. The summed E-state index contributed by atoms with van der Waals surface area (Å²) < 4.78 is 33.6. The van der Waals surface area contributed by atoms with Gasteiger partial charge >= 0.3 is 0 Å². The first kappa shape index (κ1) is 16.2. The second-order valence-corrected chi connectivity index (χ2v) is 7.18. The van der Waals surface area contributed by atoms with Gasteiger partial charge in [0.05, 0.1) is 7.11 Å². The summed E-state index contributed by atoms with van der Waals surface area (Å²) >= 11 is 0. The highest BCUT2D eigenvalue weighted by atomic mass is 32.2. The number of nitrogens with one attached hydrogen (secondary N) is 2. The van der Waals surface area contributed by atoms with Gasteiger partial charge in [-0.1, -0.05) is 12.1 Å². The van der Waals surface area contributed by atoms with E-state index in [0.29, 0.717) is 19.0 Å². The van der Waals surface area contributed by atoms with Crippen molar-refractivity contribution in [3.63, 3.8) is 0 Å². The van der Waals surface area contributed by atoms with Crippen LogP contribution in [0.5, 0.6) is 5.75 Å². The molecule has 2 rings (SSSR count). The van der Waals surface area contributed by atoms with E-state index in [0.717, 1.165) is 30.8 Å². The van der Waals surface area contributed by atoms with Crippen LogP contribution >= 0.6 is 0 Å². The summed E-state index contributed by atoms with van der Waals surface area (Å²) in [7, 11) is -0.279. The molecule has 1 unspecified atom stereocenters. The molecule has 0 aromatic heterocycles. The van der Waals surface area contributed by atoms with Crippen LogP contribution in [0, 0.1) is 5.92 Å². The molecule has 1 fully saturated rings. The molecule has 0 amide bonds. The Morgan fingerprint density at radius 3 is 2.95 bits per heavy atom. The van der Waals surface area contributed by atoms with Gasteiger partial charge in [-0.2, -0.15) is 12.7 Å². The minimum Gasteiger partial charge on any atom is -0.497 e. The Balaban J connectivity index is 1.92. The lowest BCUT2D eigenvalue weighted by Crippen LogP contribution is -2.40. The molecule has 1 saturated heterocycles. The van der Waals surface area contributed by atoms with Crippen molar-refractivity contribution in [2.45, 2.75) is 13.0 Å². The van der Waals surface area contributed by atoms with Gasteiger partial charge in [-0.15, -0.1) is 0 Å². The maximum atomic E-state index is 12.2. The summed E-state index contributed by atoms with van der Waals surface area (Å²) in [5.41, 5.74) is 0.893. The highest BCUT2D eigenvalue weighted by Crippen LogP contribution is 2.15. The van der Waals surface area contributed by atoms with Crippen molar-refractivity contribution < 1.29 is 13.2 Å². The molecular weight excluding hydrogens is 290 g/mol. The molecule has 2 N–H and O–H groups in total. The van der Waals surface area contributed by atoms with Crippen molar-refractivity contribution in [2.24, 2.45) is 5.92 Å². The van der Waals surface area contributed by atoms with Crippen LogP contribution < -0.4 is 14.8 Å². The molecule has 7 heteroatoms. The van der Waals surface area contributed by atoms with Crippen LogP contribution in [-0.2, 0) is 16.8 Å². The molecule has 0 aliphatic carbocycles. The van der Waals surface area contributed by atoms with Crippen molar-refractivity contribution in [3.8, 4) is 5.75 Å². The summed E-state index contributed by atoms with van der Waals surface area (Å²) in [6.07, 6.45) is 1.02. The van der Waals surface area contributed by atoms with Gasteiger partial charge in [-0.25, -0.2) is 4.72 Å². The van der Waals surface area contributed by atoms with E-state index < -0.39 is 10.2 Å². The summed E-state index contributed by atoms with van der Waals surface area (Å²) in [5.74, 6) is 1.10. The Kier molecular flexibility index (Phi) is 5.58. The average molecular weight is 313 g/mol. The first-order valence-electron chi connectivity index (χ1n) is 7.06. The summed E-state index contributed by atoms with van der Waals surface area (Å²) in [4.78, 5) is 0. The lowest BCUT2D eigenvalue weighted by molar-refractivity contribution is 0.411. The standard InChI is InChI=1S/C14H23N3O3S/c1-17(11-12-4-3-5-14(8-12)20-2)21(18,19)16-10-13-6-7-15-9-13/h3-5,8,13,15-16H,6-7,9-11H2,1-2H3. The maximum absolute atomic E-state index is 12.2. The molecule has 0 radical (unpaired) electrons. The Labute approximate surface area is 126 Å². The van der Waals surface area contributed by atoms with E-state index in [1.54, 1.807) is 14.2 Å². The zero-order valence-corrected chi connectivity index (χ0v) is 13.3. The van der Waals surface area contributed by atoms with Crippen LogP contribution in [0.3, 0.4) is 0 Å². The minimum absolute atomic E-state index is 0.315. The molecule has 118 valence electrons. The monoisotopic (exact) mass is 313 g/mol. The van der Waals surface area contributed by atoms with Gasteiger partial charge in [0.15, 0.2) is 0 Å². The van der Waals surface area contributed by atoms with Gasteiger partial charge in [-0.05, 0) is 43.1 Å². The highest BCUT2D eigenvalue weighted by Gasteiger charge is 2.21. The normalized spacial score (nSPS) is 19.1. The van der Waals surface area contributed by atoms with Crippen molar-refractivity contribution >= 4 is 10.2 Å². The highest BCUT2D eigenvalue weighted by molar-refractivity contribution is 7.87. The van der Waals surface area contributed by atoms with Crippen molar-refractivity contribution in [2.75, 3.05) is 33.8 Å². The average Bonchev–Trinajstić information content (AvgIpc) is 2.99. The maximum Gasteiger partial charge on any atom is 0.279 e. The first-order chi connectivity index (χ1) is 10.0. The van der Waals surface area contributed by atoms with Gasteiger partial charge in [0, 0.05) is 20.1 Å². The van der Waals surface area contributed by atoms with Crippen molar-refractivity contribution in [1.82, 2.24) is 14.3 Å². The third-order valence-electron chi connectivity index (χ3n) is 3.67. The summed E-state index contributed by atoms with van der Waals surface area (Å²) in [6, 6.07) is 7.41. The number of ether oxygens (including phenoxy) is 1. The van der Waals surface area contributed by atoms with Crippen LogP contribution in [0.1, 0.15) is 12.0 Å². The quantitative estimate of drug-likeness (QED) is 0.772. The fourth-order valence-corrected chi connectivity index (χ4v) is 3.32. The van der Waals surface area contributed by atoms with Gasteiger partial charge in [0.25, 0.3) is 10.2 Å². The van der Waals surface area contributed by atoms with E-state index in [1.807, 2.05) is 24.3 Å². The molecule has 1 aliphatic rings. The predicted octanol–water partition coefficient (Wildman–Crippen LogP) is 0.571. The predicted molar refractivity (Wildman–Crippen MR) is 82.4 cm³/mol. The molecule has 0 saturated carbocycles. The van der Waals surface area contributed by atoms with Crippen molar-refractivity contribution in [3.05, 3.63) is 29.8 Å². The topological polar surface area (TPSA) is 70.7 Å². The SMILES string of the molecule is COc1cccc(CN(C)S(=O)(=O)NCC2CCNC2)c1. The van der Waals surface area contributed by atoms with Crippen LogP contribution in [0.2, 0.25) is 0 Å². The second-order valence-electron chi connectivity index (χ2n) is 5.32. The Bertz CT molecular complexity index is 556. The molecule has 0 spiro atoms. The lowest BCUT2D eigenvalue weighted by atomic mass is 10.1. The Morgan fingerprint density at radius 2 is 2.29 bits per heavy atom. The van der Waals surface area contributed by atoms with Gasteiger partial charge < -0.3 is 10.1 Å². The largest absolute Gasteiger partial charge is 0.497 e. The molecule has 0 bridgehead atoms. The number of rotatable bonds is 7. The van der Waals surface area contributed by atoms with Crippen LogP contribution in [0.4, 0.5) is 0 Å². The molecule has 1 aromatic rings. The fraction of sp³-hybridized carbons (Fsp3) is 0.571. The molecule has 21 heavy (non-hydrogen) atoms. The number of hydrogen-bond donors (Lipinski definition) is 2. The summed E-state index contributed by atoms with van der Waals surface area (Å²) in [5, 5.41) is 3.23. The first-order valence-corrected chi connectivity index (χ1v) is 8.50. The van der Waals surface area contributed by atoms with Gasteiger partial charge in [0.2, 0.25) is 0 Å². The molecule has 1 heterocycles. The number of hydrogen-bond acceptors (Lipinski definition) is 4. The number of benzene rings is 1. The van der Waals surface area contributed by atoms with E-state index in [2.05, 4.69) is 10.0 Å². The van der Waals surface area contributed by atoms with E-state index >= 15 is 0 Å². The Morgan fingerprint density at radius 1 is 1.48 bits per heavy atom. The molecule has 1 atom stereocenters. The van der Waals surface area contributed by atoms with Crippen LogP contribution in [-0.4, -0.2) is 46.5 Å². The zero-order chi connectivity index (χ0) is 15.3. The second kappa shape index (κ2) is 7.22. The summed E-state index contributed by atoms with van der Waals surface area (Å²) in [6.45, 7) is 2.64. The number of methoxy groups -OCH3 is 1. The van der Waals surface area contributed by atoms with E-state index in [4.69, 9.17) is 4.74 Å². The third-order valence-corrected chi connectivity index (χ3v) is 5.15. The Hall–Kier alpha value is -1.15. The van der Waals surface area contributed by atoms with Gasteiger partial charge in [-0.3, -0.25) is 0 Å². The van der Waals surface area contributed by atoms with E-state index in [1.165, 1.54) is 4.31 Å². The van der Waals surface area contributed by atoms with Gasteiger partial charge in [0.1, 0.15) is 5.75 Å². The molecular formula is C14H23N3O3S. The third kappa shape index (κ3) is 4.67. The lowest BCUT2D eigenvalue weighted by Gasteiger charge is -2.19. The smallest absolute Gasteiger partial charge is 0.279 e. The number of nitrogens with zero attached hydrogens (tertiary/aromatic N) is 1. The van der Waals surface area contributed by atoms with Crippen LogP contribution in [0.15, 0.2) is 24.3 Å². The zero-order valence-electron chi connectivity index (χ0n) is 12.5. The van der Waals surface area contributed by atoms with E-state index in [9.17, 15) is 8.42 Å².